The van der Waals surface area contributed by atoms with Crippen LogP contribution in [-0.2, 0) is 6.54 Å². The molecule has 2 nitrogen and oxygen atoms in total. The second-order valence-corrected chi connectivity index (χ2v) is 3.88. The molecule has 0 radical (unpaired) electrons. The van der Waals surface area contributed by atoms with Crippen molar-refractivity contribution in [2.45, 2.75) is 33.7 Å². The first kappa shape index (κ1) is 12.1. The van der Waals surface area contributed by atoms with Crippen LogP contribution in [0.2, 0.25) is 0 Å². The van der Waals surface area contributed by atoms with Gasteiger partial charge in [0.1, 0.15) is 5.75 Å². The van der Waals surface area contributed by atoms with E-state index in [1.807, 2.05) is 0 Å². The average molecular weight is 207 g/mol. The molecule has 0 bridgehead atoms. The van der Waals surface area contributed by atoms with E-state index in [0.717, 1.165) is 25.3 Å². The smallest absolute Gasteiger partial charge is 0.126 e. The molecule has 0 spiro atoms. The molecule has 0 unspecified atom stereocenters. The van der Waals surface area contributed by atoms with Crippen molar-refractivity contribution >= 4 is 0 Å². The van der Waals surface area contributed by atoms with E-state index in [1.165, 1.54) is 16.7 Å². The first-order valence-corrected chi connectivity index (χ1v) is 5.54. The Morgan fingerprint density at radius 1 is 1.27 bits per heavy atom. The molecule has 15 heavy (non-hydrogen) atoms. The fourth-order valence-electron chi connectivity index (χ4n) is 1.67. The third kappa shape index (κ3) is 2.96. The molecule has 0 fully saturated rings. The van der Waals surface area contributed by atoms with E-state index < -0.39 is 0 Å². The van der Waals surface area contributed by atoms with Crippen LogP contribution in [0, 0.1) is 13.8 Å². The lowest BCUT2D eigenvalue weighted by Crippen LogP contribution is -2.14. The highest BCUT2D eigenvalue weighted by Crippen LogP contribution is 2.25. The zero-order chi connectivity index (χ0) is 11.3. The van der Waals surface area contributed by atoms with Crippen molar-refractivity contribution in [3.05, 3.63) is 28.8 Å². The molecule has 0 aliphatic heterocycles. The van der Waals surface area contributed by atoms with Crippen molar-refractivity contribution in [3.63, 3.8) is 0 Å². The second kappa shape index (κ2) is 5.76. The number of ether oxygens (including phenoxy) is 1. The molecule has 0 saturated carbocycles. The Labute approximate surface area is 92.6 Å². The van der Waals surface area contributed by atoms with Crippen LogP contribution in [0.3, 0.4) is 0 Å². The lowest BCUT2D eigenvalue weighted by molar-refractivity contribution is 0.404. The van der Waals surface area contributed by atoms with Gasteiger partial charge in [-0.3, -0.25) is 0 Å². The van der Waals surface area contributed by atoms with E-state index in [2.05, 4.69) is 38.2 Å². The van der Waals surface area contributed by atoms with Gasteiger partial charge in [0.25, 0.3) is 0 Å². The van der Waals surface area contributed by atoms with Gasteiger partial charge >= 0.3 is 0 Å². The lowest BCUT2D eigenvalue weighted by atomic mass is 10.0. The van der Waals surface area contributed by atoms with Crippen molar-refractivity contribution in [2.75, 3.05) is 13.7 Å². The Morgan fingerprint density at radius 3 is 2.60 bits per heavy atom. The molecule has 0 saturated heterocycles. The minimum atomic E-state index is 0.887. The second-order valence-electron chi connectivity index (χ2n) is 3.88. The van der Waals surface area contributed by atoms with Gasteiger partial charge in [-0.05, 0) is 37.9 Å². The van der Waals surface area contributed by atoms with Crippen LogP contribution < -0.4 is 10.1 Å². The number of aryl methyl sites for hydroxylation is 1. The van der Waals surface area contributed by atoms with Crippen LogP contribution in [0.4, 0.5) is 0 Å². The molecular formula is C13H21NO. The largest absolute Gasteiger partial charge is 0.496 e. The molecule has 0 atom stereocenters. The molecular weight excluding hydrogens is 186 g/mol. The highest BCUT2D eigenvalue weighted by Gasteiger charge is 2.07. The molecule has 1 N–H and O–H groups in total. The zero-order valence-electron chi connectivity index (χ0n) is 10.2. The summed E-state index contributed by atoms with van der Waals surface area (Å²) in [5.74, 6) is 1.03. The molecule has 1 aromatic carbocycles. The van der Waals surface area contributed by atoms with Crippen molar-refractivity contribution in [1.29, 1.82) is 0 Å². The van der Waals surface area contributed by atoms with Gasteiger partial charge in [0.15, 0.2) is 0 Å². The molecule has 2 heteroatoms. The molecule has 1 aromatic rings. The number of benzene rings is 1. The molecule has 84 valence electrons. The van der Waals surface area contributed by atoms with E-state index in [9.17, 15) is 0 Å². The van der Waals surface area contributed by atoms with Gasteiger partial charge in [-0.15, -0.1) is 0 Å². The Bertz CT molecular complexity index is 321. The van der Waals surface area contributed by atoms with E-state index in [4.69, 9.17) is 4.74 Å². The summed E-state index contributed by atoms with van der Waals surface area (Å²) >= 11 is 0. The minimum absolute atomic E-state index is 0.887. The van der Waals surface area contributed by atoms with Gasteiger partial charge in [0.05, 0.1) is 7.11 Å². The van der Waals surface area contributed by atoms with Crippen LogP contribution in [0.15, 0.2) is 12.1 Å². The van der Waals surface area contributed by atoms with Gasteiger partial charge in [0.2, 0.25) is 0 Å². The van der Waals surface area contributed by atoms with Crippen molar-refractivity contribution in [3.8, 4) is 5.75 Å². The van der Waals surface area contributed by atoms with E-state index in [0.29, 0.717) is 0 Å². The van der Waals surface area contributed by atoms with E-state index in [1.54, 1.807) is 7.11 Å². The number of hydrogen-bond donors (Lipinski definition) is 1. The van der Waals surface area contributed by atoms with Crippen molar-refractivity contribution < 1.29 is 4.74 Å². The zero-order valence-corrected chi connectivity index (χ0v) is 10.2. The van der Waals surface area contributed by atoms with Gasteiger partial charge in [-0.2, -0.15) is 0 Å². The maximum Gasteiger partial charge on any atom is 0.126 e. The van der Waals surface area contributed by atoms with Crippen LogP contribution in [0.5, 0.6) is 5.75 Å². The maximum atomic E-state index is 5.45. The first-order chi connectivity index (χ1) is 7.20. The summed E-state index contributed by atoms with van der Waals surface area (Å²) in [7, 11) is 1.74. The Balaban J connectivity index is 2.83. The number of methoxy groups -OCH3 is 1. The van der Waals surface area contributed by atoms with Gasteiger partial charge in [-0.25, -0.2) is 0 Å². The topological polar surface area (TPSA) is 21.3 Å². The standard InChI is InChI=1S/C13H21NO/c1-5-8-14-9-12-7-6-10(2)11(3)13(12)15-4/h6-7,14H,5,8-9H2,1-4H3. The van der Waals surface area contributed by atoms with Crippen molar-refractivity contribution in [2.24, 2.45) is 0 Å². The molecule has 1 rings (SSSR count). The summed E-state index contributed by atoms with van der Waals surface area (Å²) in [5.41, 5.74) is 3.77. The molecule has 0 amide bonds. The Hall–Kier alpha value is -1.02. The Morgan fingerprint density at radius 2 is 2.00 bits per heavy atom. The van der Waals surface area contributed by atoms with Gasteiger partial charge in [-0.1, -0.05) is 19.1 Å². The fraction of sp³-hybridized carbons (Fsp3) is 0.538. The fourth-order valence-corrected chi connectivity index (χ4v) is 1.67. The third-order valence-electron chi connectivity index (χ3n) is 2.70. The normalized spacial score (nSPS) is 10.4. The highest BCUT2D eigenvalue weighted by atomic mass is 16.5. The van der Waals surface area contributed by atoms with Crippen LogP contribution >= 0.6 is 0 Å². The predicted octanol–water partition coefficient (Wildman–Crippen LogP) is 2.81. The lowest BCUT2D eigenvalue weighted by Gasteiger charge is -2.13. The van der Waals surface area contributed by atoms with Crippen LogP contribution in [0.25, 0.3) is 0 Å². The monoisotopic (exact) mass is 207 g/mol. The van der Waals surface area contributed by atoms with E-state index in [-0.39, 0.29) is 0 Å². The number of hydrogen-bond acceptors (Lipinski definition) is 2. The van der Waals surface area contributed by atoms with Crippen LogP contribution in [0.1, 0.15) is 30.0 Å². The highest BCUT2D eigenvalue weighted by molar-refractivity contribution is 5.45. The third-order valence-corrected chi connectivity index (χ3v) is 2.70. The number of nitrogens with one attached hydrogen (secondary N) is 1. The molecule has 0 aromatic heterocycles. The predicted molar refractivity (Wildman–Crippen MR) is 64.5 cm³/mol. The summed E-state index contributed by atoms with van der Waals surface area (Å²) in [6.45, 7) is 8.33. The molecule has 0 heterocycles. The minimum Gasteiger partial charge on any atom is -0.496 e. The first-order valence-electron chi connectivity index (χ1n) is 5.54. The Kier molecular flexibility index (Phi) is 4.63. The summed E-state index contributed by atoms with van der Waals surface area (Å²) in [5, 5.41) is 3.39. The van der Waals surface area contributed by atoms with Crippen molar-refractivity contribution in [1.82, 2.24) is 5.32 Å². The van der Waals surface area contributed by atoms with Gasteiger partial charge < -0.3 is 10.1 Å². The van der Waals surface area contributed by atoms with Gasteiger partial charge in [0, 0.05) is 12.1 Å². The average Bonchev–Trinajstić information content (AvgIpc) is 2.24. The summed E-state index contributed by atoms with van der Waals surface area (Å²) in [6, 6.07) is 4.30. The quantitative estimate of drug-likeness (QED) is 0.750. The maximum absolute atomic E-state index is 5.45. The molecule has 0 aliphatic carbocycles. The van der Waals surface area contributed by atoms with E-state index >= 15 is 0 Å². The summed E-state index contributed by atoms with van der Waals surface area (Å²) in [4.78, 5) is 0. The SMILES string of the molecule is CCCNCc1ccc(C)c(C)c1OC. The molecule has 0 aliphatic rings. The summed E-state index contributed by atoms with van der Waals surface area (Å²) in [6.07, 6.45) is 1.16. The van der Waals surface area contributed by atoms with Crippen LogP contribution in [-0.4, -0.2) is 13.7 Å². The number of rotatable bonds is 5. The summed E-state index contributed by atoms with van der Waals surface area (Å²) < 4.78 is 5.45.